The van der Waals surface area contributed by atoms with Crippen LogP contribution in [0.25, 0.3) is 0 Å². The summed E-state index contributed by atoms with van der Waals surface area (Å²) in [6.45, 7) is 3.13. The van der Waals surface area contributed by atoms with Gasteiger partial charge in [0.1, 0.15) is 0 Å². The highest BCUT2D eigenvalue weighted by atomic mass is 35.5. The van der Waals surface area contributed by atoms with Gasteiger partial charge in [-0.2, -0.15) is 16.7 Å². The summed E-state index contributed by atoms with van der Waals surface area (Å²) in [4.78, 5) is 10.2. The molecule has 82 valence electrons. The maximum absolute atomic E-state index is 5.85. The number of aromatic nitrogens is 2. The summed E-state index contributed by atoms with van der Waals surface area (Å²) in [5.74, 6) is 2.97. The van der Waals surface area contributed by atoms with Crippen molar-refractivity contribution in [2.24, 2.45) is 0 Å². The summed E-state index contributed by atoms with van der Waals surface area (Å²) in [5, 5.41) is 0.254. The van der Waals surface area contributed by atoms with Crippen molar-refractivity contribution in [1.29, 1.82) is 0 Å². The minimum Gasteiger partial charge on any atom is -0.394 e. The van der Waals surface area contributed by atoms with Gasteiger partial charge in [-0.05, 0) is 18.5 Å². The Morgan fingerprint density at radius 3 is 3.20 bits per heavy atom. The van der Waals surface area contributed by atoms with Crippen LogP contribution in [-0.4, -0.2) is 34.1 Å². The molecule has 0 saturated carbocycles. The number of anilines is 2. The Kier molecular flexibility index (Phi) is 3.21. The first-order chi connectivity index (χ1) is 7.18. The zero-order chi connectivity index (χ0) is 10.8. The molecule has 15 heavy (non-hydrogen) atoms. The topological polar surface area (TPSA) is 55.0 Å². The standard InChI is InChI=1S/C9H13ClN4S/c1-6-5-15-3-2-14(6)8-7(11)4-12-9(10)13-8/h4,6H,2-3,5,11H2,1H3. The second kappa shape index (κ2) is 4.45. The zero-order valence-corrected chi connectivity index (χ0v) is 10.1. The lowest BCUT2D eigenvalue weighted by molar-refractivity contribution is 0.690. The molecule has 4 nitrogen and oxygen atoms in total. The van der Waals surface area contributed by atoms with Gasteiger partial charge in [0.05, 0.1) is 11.9 Å². The first kappa shape index (κ1) is 10.8. The lowest BCUT2D eigenvalue weighted by Crippen LogP contribution is -2.41. The van der Waals surface area contributed by atoms with Gasteiger partial charge in [0.2, 0.25) is 5.28 Å². The van der Waals surface area contributed by atoms with Crippen molar-refractivity contribution >= 4 is 34.9 Å². The molecule has 0 bridgehead atoms. The van der Waals surface area contributed by atoms with E-state index in [4.69, 9.17) is 17.3 Å². The Morgan fingerprint density at radius 2 is 2.47 bits per heavy atom. The van der Waals surface area contributed by atoms with Crippen LogP contribution in [0.15, 0.2) is 6.20 Å². The fraction of sp³-hybridized carbons (Fsp3) is 0.556. The van der Waals surface area contributed by atoms with Gasteiger partial charge in [0.25, 0.3) is 0 Å². The maximum Gasteiger partial charge on any atom is 0.224 e. The minimum atomic E-state index is 0.254. The molecule has 1 aliphatic rings. The second-order valence-corrected chi connectivity index (χ2v) is 5.02. The van der Waals surface area contributed by atoms with E-state index in [-0.39, 0.29) is 5.28 Å². The number of thioether (sulfide) groups is 1. The number of nitrogens with two attached hydrogens (primary N) is 1. The normalized spacial score (nSPS) is 21.7. The van der Waals surface area contributed by atoms with Crippen molar-refractivity contribution in [3.05, 3.63) is 11.5 Å². The van der Waals surface area contributed by atoms with Gasteiger partial charge < -0.3 is 10.6 Å². The van der Waals surface area contributed by atoms with Gasteiger partial charge >= 0.3 is 0 Å². The van der Waals surface area contributed by atoms with Gasteiger partial charge in [0.15, 0.2) is 5.82 Å². The van der Waals surface area contributed by atoms with E-state index in [1.807, 2.05) is 11.8 Å². The van der Waals surface area contributed by atoms with Crippen LogP contribution in [0.1, 0.15) is 6.92 Å². The molecule has 2 rings (SSSR count). The van der Waals surface area contributed by atoms with Crippen molar-refractivity contribution in [3.63, 3.8) is 0 Å². The Bertz CT molecular complexity index is 360. The first-order valence-electron chi connectivity index (χ1n) is 4.81. The second-order valence-electron chi connectivity index (χ2n) is 3.54. The number of nitrogen functional groups attached to an aromatic ring is 1. The molecule has 1 saturated heterocycles. The van der Waals surface area contributed by atoms with Gasteiger partial charge in [-0.15, -0.1) is 0 Å². The van der Waals surface area contributed by atoms with Crippen molar-refractivity contribution in [2.45, 2.75) is 13.0 Å². The summed E-state index contributed by atoms with van der Waals surface area (Å²) >= 11 is 7.73. The molecule has 2 N–H and O–H groups in total. The molecular formula is C9H13ClN4S. The van der Waals surface area contributed by atoms with Crippen molar-refractivity contribution in [1.82, 2.24) is 9.97 Å². The number of halogens is 1. The van der Waals surface area contributed by atoms with Gasteiger partial charge in [-0.1, -0.05) is 0 Å². The van der Waals surface area contributed by atoms with Crippen LogP contribution < -0.4 is 10.6 Å². The van der Waals surface area contributed by atoms with E-state index in [0.717, 1.165) is 23.9 Å². The van der Waals surface area contributed by atoms with E-state index in [1.54, 1.807) is 6.20 Å². The molecule has 1 aromatic heterocycles. The third kappa shape index (κ3) is 2.29. The molecule has 1 fully saturated rings. The summed E-state index contributed by atoms with van der Waals surface area (Å²) < 4.78 is 0. The molecule has 0 aromatic carbocycles. The van der Waals surface area contributed by atoms with Crippen LogP contribution in [0.3, 0.4) is 0 Å². The molecule has 0 spiro atoms. The van der Waals surface area contributed by atoms with E-state index in [9.17, 15) is 0 Å². The van der Waals surface area contributed by atoms with E-state index in [0.29, 0.717) is 11.7 Å². The molecule has 1 aliphatic heterocycles. The first-order valence-corrected chi connectivity index (χ1v) is 6.34. The largest absolute Gasteiger partial charge is 0.394 e. The van der Waals surface area contributed by atoms with Crippen LogP contribution in [0.2, 0.25) is 5.28 Å². The lowest BCUT2D eigenvalue weighted by Gasteiger charge is -2.34. The van der Waals surface area contributed by atoms with Gasteiger partial charge in [-0.3, -0.25) is 0 Å². The van der Waals surface area contributed by atoms with Crippen LogP contribution in [0.5, 0.6) is 0 Å². The van der Waals surface area contributed by atoms with Crippen LogP contribution in [0, 0.1) is 0 Å². The summed E-state index contributed by atoms with van der Waals surface area (Å²) in [6.07, 6.45) is 1.57. The Balaban J connectivity index is 2.30. The maximum atomic E-state index is 5.85. The smallest absolute Gasteiger partial charge is 0.224 e. The monoisotopic (exact) mass is 244 g/mol. The van der Waals surface area contributed by atoms with Crippen LogP contribution in [0.4, 0.5) is 11.5 Å². The van der Waals surface area contributed by atoms with E-state index in [2.05, 4.69) is 21.8 Å². The molecule has 1 aromatic rings. The SMILES string of the molecule is CC1CSCCN1c1nc(Cl)ncc1N. The number of nitrogens with zero attached hydrogens (tertiary/aromatic N) is 3. The summed E-state index contributed by atoms with van der Waals surface area (Å²) in [5.41, 5.74) is 6.45. The minimum absolute atomic E-state index is 0.254. The number of hydrogen-bond donors (Lipinski definition) is 1. The molecule has 1 atom stereocenters. The molecule has 2 heterocycles. The van der Waals surface area contributed by atoms with Crippen molar-refractivity contribution < 1.29 is 0 Å². The fourth-order valence-electron chi connectivity index (χ4n) is 1.63. The average Bonchev–Trinajstić information content (AvgIpc) is 2.23. The van der Waals surface area contributed by atoms with Crippen molar-refractivity contribution in [2.75, 3.05) is 28.7 Å². The highest BCUT2D eigenvalue weighted by Gasteiger charge is 2.22. The predicted molar refractivity (Wildman–Crippen MR) is 65.6 cm³/mol. The summed E-state index contributed by atoms with van der Waals surface area (Å²) in [6, 6.07) is 0.442. The third-order valence-corrected chi connectivity index (χ3v) is 3.78. The molecule has 6 heteroatoms. The molecule has 0 amide bonds. The highest BCUT2D eigenvalue weighted by molar-refractivity contribution is 7.99. The molecular weight excluding hydrogens is 232 g/mol. The molecule has 0 aliphatic carbocycles. The summed E-state index contributed by atoms with van der Waals surface area (Å²) in [7, 11) is 0. The van der Waals surface area contributed by atoms with Crippen LogP contribution in [-0.2, 0) is 0 Å². The van der Waals surface area contributed by atoms with E-state index < -0.39 is 0 Å². The van der Waals surface area contributed by atoms with E-state index >= 15 is 0 Å². The Hall–Kier alpha value is -0.680. The Labute approximate surface area is 98.2 Å². The fourth-order valence-corrected chi connectivity index (χ4v) is 2.78. The predicted octanol–water partition coefficient (Wildman–Crippen LogP) is 1.65. The van der Waals surface area contributed by atoms with Gasteiger partial charge in [0, 0.05) is 24.1 Å². The zero-order valence-electron chi connectivity index (χ0n) is 8.48. The van der Waals surface area contributed by atoms with Gasteiger partial charge in [-0.25, -0.2) is 4.98 Å². The van der Waals surface area contributed by atoms with Crippen molar-refractivity contribution in [3.8, 4) is 0 Å². The van der Waals surface area contributed by atoms with E-state index in [1.165, 1.54) is 0 Å². The average molecular weight is 245 g/mol. The highest BCUT2D eigenvalue weighted by Crippen LogP contribution is 2.27. The third-order valence-electron chi connectivity index (χ3n) is 2.41. The lowest BCUT2D eigenvalue weighted by atomic mass is 10.3. The molecule has 1 unspecified atom stereocenters. The quantitative estimate of drug-likeness (QED) is 0.762. The Morgan fingerprint density at radius 1 is 1.67 bits per heavy atom. The number of rotatable bonds is 1. The number of hydrogen-bond acceptors (Lipinski definition) is 5. The van der Waals surface area contributed by atoms with Crippen LogP contribution >= 0.6 is 23.4 Å². The molecule has 0 radical (unpaired) electrons.